The maximum absolute atomic E-state index is 14.5. The maximum Gasteiger partial charge on any atom is 0.338 e. The molecule has 0 unspecified atom stereocenters. The molecule has 3 aromatic carbocycles. The van der Waals surface area contributed by atoms with Crippen molar-refractivity contribution in [1.82, 2.24) is 9.13 Å². The van der Waals surface area contributed by atoms with E-state index in [1.807, 2.05) is 55.6 Å². The molecule has 11 heteroatoms. The highest BCUT2D eigenvalue weighted by molar-refractivity contribution is 7.07. The van der Waals surface area contributed by atoms with Gasteiger partial charge in [0.05, 0.1) is 36.6 Å². The normalized spacial score (nSPS) is 14.7. The Bertz CT molecular complexity index is 2220. The van der Waals surface area contributed by atoms with Crippen molar-refractivity contribution in [2.45, 2.75) is 39.3 Å². The number of methoxy groups -OCH3 is 2. The predicted octanol–water partition coefficient (Wildman–Crippen LogP) is 6.91. The second-order valence-corrected chi connectivity index (χ2v) is 12.8. The zero-order chi connectivity index (χ0) is 33.2. The van der Waals surface area contributed by atoms with Crippen molar-refractivity contribution in [1.29, 1.82) is 0 Å². The van der Waals surface area contributed by atoms with Crippen LogP contribution in [0.15, 0.2) is 87.9 Å². The summed E-state index contributed by atoms with van der Waals surface area (Å²) in [6.45, 7) is 4.48. The molecule has 2 aromatic heterocycles. The minimum atomic E-state index is -0.840. The summed E-state index contributed by atoms with van der Waals surface area (Å²) in [4.78, 5) is 33.5. The standard InChI is InChI=1S/C36H33Cl2N3O5S/c1-5-9-28-32(35(43)46-6-2)33(26-18-24(44-3)14-15-30(26)45-4)41-34(42)31(47-36(41)39-28)16-22-20-40(29-11-8-7-10-25(22)29)19-21-12-13-23(37)17-27(21)38/h7-8,10-18,20,33H,5-6,9,19H2,1-4H3/b31-16-/t33-/m1/s1. The highest BCUT2D eigenvalue weighted by Crippen LogP contribution is 2.39. The summed E-state index contributed by atoms with van der Waals surface area (Å²) in [5.74, 6) is 0.551. The molecule has 0 saturated carbocycles. The zero-order valence-corrected chi connectivity index (χ0v) is 28.7. The molecule has 242 valence electrons. The highest BCUT2D eigenvalue weighted by atomic mass is 35.5. The third kappa shape index (κ3) is 6.23. The number of carbonyl (C=O) groups is 1. The van der Waals surface area contributed by atoms with Gasteiger partial charge in [-0.25, -0.2) is 9.79 Å². The van der Waals surface area contributed by atoms with Crippen LogP contribution in [0.1, 0.15) is 49.4 Å². The Hall–Kier alpha value is -4.31. The lowest BCUT2D eigenvalue weighted by molar-refractivity contribution is -0.139. The number of halogens is 2. The van der Waals surface area contributed by atoms with Crippen LogP contribution in [-0.4, -0.2) is 35.9 Å². The molecule has 0 fully saturated rings. The van der Waals surface area contributed by atoms with Crippen LogP contribution in [0.2, 0.25) is 10.0 Å². The van der Waals surface area contributed by atoms with Gasteiger partial charge in [0.25, 0.3) is 5.56 Å². The number of hydrogen-bond acceptors (Lipinski definition) is 7. The van der Waals surface area contributed by atoms with E-state index in [0.29, 0.717) is 60.7 Å². The third-order valence-electron chi connectivity index (χ3n) is 8.09. The number of fused-ring (bicyclic) bond motifs is 2. The largest absolute Gasteiger partial charge is 0.497 e. The minimum absolute atomic E-state index is 0.180. The van der Waals surface area contributed by atoms with Gasteiger partial charge in [0.15, 0.2) is 4.80 Å². The van der Waals surface area contributed by atoms with Gasteiger partial charge in [-0.05, 0) is 61.4 Å². The van der Waals surface area contributed by atoms with Gasteiger partial charge in [-0.3, -0.25) is 9.36 Å². The lowest BCUT2D eigenvalue weighted by atomic mass is 9.93. The smallest absolute Gasteiger partial charge is 0.338 e. The number of benzene rings is 3. The summed E-state index contributed by atoms with van der Waals surface area (Å²) in [5, 5.41) is 2.14. The number of carbonyl (C=O) groups excluding carboxylic acids is 1. The number of ether oxygens (including phenoxy) is 3. The van der Waals surface area contributed by atoms with E-state index in [1.54, 1.807) is 50.0 Å². The van der Waals surface area contributed by atoms with Gasteiger partial charge in [0.2, 0.25) is 0 Å². The first-order valence-corrected chi connectivity index (χ1v) is 16.8. The first-order valence-electron chi connectivity index (χ1n) is 15.2. The number of rotatable bonds is 10. The van der Waals surface area contributed by atoms with Crippen LogP contribution in [0.4, 0.5) is 0 Å². The fourth-order valence-electron chi connectivity index (χ4n) is 5.96. The minimum Gasteiger partial charge on any atom is -0.497 e. The summed E-state index contributed by atoms with van der Waals surface area (Å²) >= 11 is 14.0. The molecule has 0 saturated heterocycles. The van der Waals surface area contributed by atoms with Gasteiger partial charge < -0.3 is 18.8 Å². The van der Waals surface area contributed by atoms with Crippen molar-refractivity contribution >= 4 is 57.5 Å². The van der Waals surface area contributed by atoms with E-state index in [0.717, 1.165) is 28.5 Å². The molecule has 8 nitrogen and oxygen atoms in total. The molecule has 1 aliphatic heterocycles. The number of esters is 1. The number of aromatic nitrogens is 2. The van der Waals surface area contributed by atoms with E-state index in [2.05, 4.69) is 4.57 Å². The molecule has 0 N–H and O–H groups in total. The quantitative estimate of drug-likeness (QED) is 0.149. The van der Waals surface area contributed by atoms with Crippen molar-refractivity contribution in [2.24, 2.45) is 4.99 Å². The molecule has 47 heavy (non-hydrogen) atoms. The van der Waals surface area contributed by atoms with Crippen molar-refractivity contribution < 1.29 is 19.0 Å². The van der Waals surface area contributed by atoms with Crippen LogP contribution in [-0.2, 0) is 16.1 Å². The summed E-state index contributed by atoms with van der Waals surface area (Å²) in [5.41, 5.74) is 4.00. The topological polar surface area (TPSA) is 84.0 Å². The predicted molar refractivity (Wildman–Crippen MR) is 187 cm³/mol. The Kier molecular flexibility index (Phi) is 9.59. The number of thiazole rings is 1. The van der Waals surface area contributed by atoms with Crippen LogP contribution < -0.4 is 24.4 Å². The molecule has 5 aromatic rings. The molecule has 0 bridgehead atoms. The highest BCUT2D eigenvalue weighted by Gasteiger charge is 2.36. The van der Waals surface area contributed by atoms with E-state index in [9.17, 15) is 9.59 Å². The van der Waals surface area contributed by atoms with Gasteiger partial charge in [0.1, 0.15) is 17.5 Å². The summed E-state index contributed by atoms with van der Waals surface area (Å²) in [6.07, 6.45) is 5.18. The Morgan fingerprint density at radius 2 is 1.85 bits per heavy atom. The molecule has 3 heterocycles. The molecule has 0 spiro atoms. The zero-order valence-electron chi connectivity index (χ0n) is 26.4. The fraction of sp³-hybridized carbons (Fsp3) is 0.250. The summed E-state index contributed by atoms with van der Waals surface area (Å²) < 4.78 is 21.0. The SMILES string of the molecule is CCCC1=C(C(=O)OCC)[C@@H](c2cc(OC)ccc2OC)n2c(s/c(=C\c3cn(Cc4ccc(Cl)cc4Cl)c4ccccc34)c2=O)=N1. The first kappa shape index (κ1) is 32.6. The molecular formula is C36H33Cl2N3O5S. The Morgan fingerprint density at radius 3 is 2.57 bits per heavy atom. The van der Waals surface area contributed by atoms with Crippen molar-refractivity contribution in [3.8, 4) is 11.5 Å². The lowest BCUT2D eigenvalue weighted by Gasteiger charge is -2.27. The van der Waals surface area contributed by atoms with E-state index in [-0.39, 0.29) is 12.2 Å². The molecule has 0 radical (unpaired) electrons. The second kappa shape index (κ2) is 13.8. The maximum atomic E-state index is 14.5. The fourth-order valence-corrected chi connectivity index (χ4v) is 7.44. The van der Waals surface area contributed by atoms with E-state index in [4.69, 9.17) is 42.4 Å². The molecule has 0 amide bonds. The van der Waals surface area contributed by atoms with Gasteiger partial charge in [-0.1, -0.05) is 72.1 Å². The average molecular weight is 691 g/mol. The van der Waals surface area contributed by atoms with Gasteiger partial charge in [0, 0.05) is 44.8 Å². The molecular weight excluding hydrogens is 657 g/mol. The molecule has 6 rings (SSSR count). The summed E-state index contributed by atoms with van der Waals surface area (Å²) in [6, 6.07) is 18.0. The van der Waals surface area contributed by atoms with E-state index >= 15 is 0 Å². The van der Waals surface area contributed by atoms with Crippen LogP contribution in [0.3, 0.4) is 0 Å². The van der Waals surface area contributed by atoms with Gasteiger partial charge in [-0.2, -0.15) is 0 Å². The summed E-state index contributed by atoms with van der Waals surface area (Å²) in [7, 11) is 3.13. The first-order chi connectivity index (χ1) is 22.8. The molecule has 0 aliphatic carbocycles. The van der Waals surface area contributed by atoms with Crippen LogP contribution in [0, 0.1) is 0 Å². The van der Waals surface area contributed by atoms with Crippen molar-refractivity contribution in [3.63, 3.8) is 0 Å². The Morgan fingerprint density at radius 1 is 1.04 bits per heavy atom. The van der Waals surface area contributed by atoms with E-state index < -0.39 is 12.0 Å². The number of para-hydroxylation sites is 1. The Labute approximate surface area is 285 Å². The Balaban J connectivity index is 1.57. The van der Waals surface area contributed by atoms with Crippen LogP contribution >= 0.6 is 34.5 Å². The van der Waals surface area contributed by atoms with Crippen molar-refractivity contribution in [3.05, 3.63) is 125 Å². The number of allylic oxidation sites excluding steroid dienone is 1. The van der Waals surface area contributed by atoms with Gasteiger partial charge in [-0.15, -0.1) is 0 Å². The monoisotopic (exact) mass is 689 g/mol. The van der Waals surface area contributed by atoms with Gasteiger partial charge >= 0.3 is 5.97 Å². The van der Waals surface area contributed by atoms with Crippen molar-refractivity contribution in [2.75, 3.05) is 20.8 Å². The van der Waals surface area contributed by atoms with E-state index in [1.165, 1.54) is 11.3 Å². The average Bonchev–Trinajstić information content (AvgIpc) is 3.57. The lowest BCUT2D eigenvalue weighted by Crippen LogP contribution is -2.40. The van der Waals surface area contributed by atoms with Crippen LogP contribution in [0.25, 0.3) is 17.0 Å². The van der Waals surface area contributed by atoms with Crippen LogP contribution in [0.5, 0.6) is 11.5 Å². The molecule has 1 aliphatic rings. The number of hydrogen-bond donors (Lipinski definition) is 0. The third-order valence-corrected chi connectivity index (χ3v) is 9.66. The molecule has 1 atom stereocenters. The number of nitrogens with zero attached hydrogens (tertiary/aromatic N) is 3. The second-order valence-electron chi connectivity index (χ2n) is 11.0.